The van der Waals surface area contributed by atoms with Crippen LogP contribution in [0.4, 0.5) is 4.39 Å². The van der Waals surface area contributed by atoms with E-state index < -0.39 is 5.97 Å². The zero-order valence-electron chi connectivity index (χ0n) is 12.8. The minimum Gasteiger partial charge on any atom is -0.480 e. The summed E-state index contributed by atoms with van der Waals surface area (Å²) in [6.07, 6.45) is 3.72. The molecular formula is C18H20FNO3. The predicted octanol–water partition coefficient (Wildman–Crippen LogP) is 2.53. The van der Waals surface area contributed by atoms with Gasteiger partial charge in [-0.3, -0.25) is 9.59 Å². The second-order valence-electron chi connectivity index (χ2n) is 7.23. The van der Waals surface area contributed by atoms with Crippen molar-refractivity contribution in [1.29, 1.82) is 0 Å². The molecule has 4 unspecified atom stereocenters. The molecule has 0 heterocycles. The summed E-state index contributed by atoms with van der Waals surface area (Å²) >= 11 is 0. The third kappa shape index (κ3) is 2.52. The maximum atomic E-state index is 13.0. The number of aliphatic carboxylic acids is 1. The Kier molecular flexibility index (Phi) is 3.39. The van der Waals surface area contributed by atoms with Crippen LogP contribution in [-0.4, -0.2) is 28.4 Å². The number of carbonyl (C=O) groups excluding carboxylic acids is 1. The van der Waals surface area contributed by atoms with E-state index in [4.69, 9.17) is 5.11 Å². The van der Waals surface area contributed by atoms with Crippen LogP contribution in [0.1, 0.15) is 24.8 Å². The van der Waals surface area contributed by atoms with Crippen LogP contribution in [0.2, 0.25) is 0 Å². The third-order valence-corrected chi connectivity index (χ3v) is 5.94. The summed E-state index contributed by atoms with van der Waals surface area (Å²) in [5.74, 6) is 1.00. The van der Waals surface area contributed by atoms with Crippen molar-refractivity contribution < 1.29 is 19.1 Å². The molecule has 1 aromatic rings. The van der Waals surface area contributed by atoms with Crippen LogP contribution in [-0.2, 0) is 16.1 Å². The molecule has 23 heavy (non-hydrogen) atoms. The molecule has 0 saturated heterocycles. The fourth-order valence-electron chi connectivity index (χ4n) is 5.05. The highest BCUT2D eigenvalue weighted by Crippen LogP contribution is 2.69. The molecule has 3 fully saturated rings. The first-order chi connectivity index (χ1) is 11.0. The van der Waals surface area contributed by atoms with Gasteiger partial charge in [0.05, 0.1) is 0 Å². The van der Waals surface area contributed by atoms with E-state index in [2.05, 4.69) is 0 Å². The van der Waals surface area contributed by atoms with Gasteiger partial charge in [-0.2, -0.15) is 0 Å². The van der Waals surface area contributed by atoms with Gasteiger partial charge >= 0.3 is 5.97 Å². The molecular weight excluding hydrogens is 297 g/mol. The predicted molar refractivity (Wildman–Crippen MR) is 80.8 cm³/mol. The lowest BCUT2D eigenvalue weighted by Crippen LogP contribution is -2.37. The van der Waals surface area contributed by atoms with Gasteiger partial charge in [0.15, 0.2) is 0 Å². The summed E-state index contributed by atoms with van der Waals surface area (Å²) in [7, 11) is 0. The largest absolute Gasteiger partial charge is 0.480 e. The normalized spacial score (nSPS) is 33.3. The lowest BCUT2D eigenvalue weighted by Gasteiger charge is -2.22. The van der Waals surface area contributed by atoms with Gasteiger partial charge < -0.3 is 10.0 Å². The summed E-state index contributed by atoms with van der Waals surface area (Å²) in [5, 5.41) is 9.12. The second kappa shape index (κ2) is 5.32. The minimum atomic E-state index is -1.01. The van der Waals surface area contributed by atoms with Gasteiger partial charge in [0.2, 0.25) is 5.91 Å². The zero-order valence-corrected chi connectivity index (χ0v) is 12.8. The number of amides is 1. The van der Waals surface area contributed by atoms with E-state index in [-0.39, 0.29) is 30.7 Å². The van der Waals surface area contributed by atoms with E-state index in [1.165, 1.54) is 36.3 Å². The molecule has 0 aliphatic heterocycles. The number of carboxylic acid groups (broad SMARTS) is 1. The third-order valence-electron chi connectivity index (χ3n) is 5.94. The Morgan fingerprint density at radius 3 is 2.30 bits per heavy atom. The SMILES string of the molecule is O=C(O)CN(Cc1ccc(F)cc1)C(=O)C1C2C3CCC(C3)C12. The molecule has 4 atom stereocenters. The number of carbonyl (C=O) groups is 2. The quantitative estimate of drug-likeness (QED) is 0.908. The van der Waals surface area contributed by atoms with Gasteiger partial charge in [-0.1, -0.05) is 12.1 Å². The Morgan fingerprint density at radius 1 is 1.13 bits per heavy atom. The minimum absolute atomic E-state index is 0.0247. The zero-order chi connectivity index (χ0) is 16.1. The smallest absolute Gasteiger partial charge is 0.323 e. The first kappa shape index (κ1) is 14.7. The molecule has 5 heteroatoms. The van der Waals surface area contributed by atoms with Crippen LogP contribution in [0.25, 0.3) is 0 Å². The van der Waals surface area contributed by atoms with Crippen LogP contribution in [0.15, 0.2) is 24.3 Å². The van der Waals surface area contributed by atoms with Crippen LogP contribution < -0.4 is 0 Å². The molecule has 1 aromatic carbocycles. The van der Waals surface area contributed by atoms with Crippen molar-refractivity contribution in [2.45, 2.75) is 25.8 Å². The van der Waals surface area contributed by atoms with Gasteiger partial charge in [-0.25, -0.2) is 4.39 Å². The van der Waals surface area contributed by atoms with Crippen LogP contribution in [0.3, 0.4) is 0 Å². The molecule has 3 aliphatic rings. The number of benzene rings is 1. The van der Waals surface area contributed by atoms with Crippen molar-refractivity contribution in [3.63, 3.8) is 0 Å². The Labute approximate surface area is 134 Å². The number of fused-ring (bicyclic) bond motifs is 5. The average molecular weight is 317 g/mol. The maximum Gasteiger partial charge on any atom is 0.323 e. The Morgan fingerprint density at radius 2 is 1.74 bits per heavy atom. The molecule has 122 valence electrons. The van der Waals surface area contributed by atoms with E-state index in [0.29, 0.717) is 23.7 Å². The Balaban J connectivity index is 1.48. The summed E-state index contributed by atoms with van der Waals surface area (Å²) in [4.78, 5) is 25.4. The van der Waals surface area contributed by atoms with E-state index in [0.717, 1.165) is 5.56 Å². The van der Waals surface area contributed by atoms with Crippen LogP contribution in [0.5, 0.6) is 0 Å². The number of hydrogen-bond donors (Lipinski definition) is 1. The van der Waals surface area contributed by atoms with E-state index in [1.54, 1.807) is 12.1 Å². The van der Waals surface area contributed by atoms with Gasteiger partial charge in [-0.05, 0) is 60.6 Å². The maximum absolute atomic E-state index is 13.0. The van der Waals surface area contributed by atoms with Crippen molar-refractivity contribution in [3.8, 4) is 0 Å². The number of hydrogen-bond acceptors (Lipinski definition) is 2. The number of carboxylic acids is 1. The highest BCUT2D eigenvalue weighted by Gasteiger charge is 2.68. The molecule has 1 amide bonds. The van der Waals surface area contributed by atoms with E-state index in [9.17, 15) is 14.0 Å². The average Bonchev–Trinajstić information content (AvgIpc) is 2.94. The summed E-state index contributed by atoms with van der Waals surface area (Å²) < 4.78 is 13.0. The lowest BCUT2D eigenvalue weighted by molar-refractivity contribution is -0.146. The first-order valence-electron chi connectivity index (χ1n) is 8.29. The van der Waals surface area contributed by atoms with Crippen molar-refractivity contribution >= 4 is 11.9 Å². The van der Waals surface area contributed by atoms with Gasteiger partial charge in [0.25, 0.3) is 0 Å². The summed E-state index contributed by atoms with van der Waals surface area (Å²) in [6.45, 7) is -0.0574. The van der Waals surface area contributed by atoms with Gasteiger partial charge in [0.1, 0.15) is 12.4 Å². The van der Waals surface area contributed by atoms with Gasteiger partial charge in [0, 0.05) is 12.5 Å². The molecule has 0 spiro atoms. The van der Waals surface area contributed by atoms with Crippen molar-refractivity contribution in [2.75, 3.05) is 6.54 Å². The second-order valence-corrected chi connectivity index (χ2v) is 7.23. The van der Waals surface area contributed by atoms with Gasteiger partial charge in [-0.15, -0.1) is 0 Å². The van der Waals surface area contributed by atoms with E-state index in [1.807, 2.05) is 0 Å². The monoisotopic (exact) mass is 317 g/mol. The summed E-state index contributed by atoms with van der Waals surface area (Å²) in [5.41, 5.74) is 0.759. The van der Waals surface area contributed by atoms with Crippen molar-refractivity contribution in [3.05, 3.63) is 35.6 Å². The van der Waals surface area contributed by atoms with Crippen LogP contribution >= 0.6 is 0 Å². The Hall–Kier alpha value is -1.91. The molecule has 2 bridgehead atoms. The van der Waals surface area contributed by atoms with Crippen LogP contribution in [0, 0.1) is 35.4 Å². The van der Waals surface area contributed by atoms with E-state index >= 15 is 0 Å². The standard InChI is InChI=1S/C18H20FNO3/c19-13-5-1-10(2-6-13)8-20(9-14(21)22)18(23)17-15-11-3-4-12(7-11)16(15)17/h1-2,5-6,11-12,15-17H,3-4,7-9H2,(H,21,22). The van der Waals surface area contributed by atoms with Crippen molar-refractivity contribution in [1.82, 2.24) is 4.90 Å². The highest BCUT2D eigenvalue weighted by molar-refractivity contribution is 5.86. The lowest BCUT2D eigenvalue weighted by atomic mass is 10.0. The first-order valence-corrected chi connectivity index (χ1v) is 8.29. The molecule has 4 rings (SSSR count). The fraction of sp³-hybridized carbons (Fsp3) is 0.556. The molecule has 0 radical (unpaired) electrons. The molecule has 3 saturated carbocycles. The Bertz CT molecular complexity index is 628. The number of rotatable bonds is 5. The summed E-state index contributed by atoms with van der Waals surface area (Å²) in [6, 6.07) is 5.89. The molecule has 0 aromatic heterocycles. The number of halogens is 1. The molecule has 3 aliphatic carbocycles. The number of nitrogens with zero attached hydrogens (tertiary/aromatic N) is 1. The van der Waals surface area contributed by atoms with Crippen molar-refractivity contribution in [2.24, 2.45) is 29.6 Å². The molecule has 1 N–H and O–H groups in total. The topological polar surface area (TPSA) is 57.6 Å². The fourth-order valence-corrected chi connectivity index (χ4v) is 5.05. The highest BCUT2D eigenvalue weighted by atomic mass is 19.1. The molecule has 4 nitrogen and oxygen atoms in total.